The smallest absolute Gasteiger partial charge is 0.250 e. The van der Waals surface area contributed by atoms with Gasteiger partial charge in [-0.05, 0) is 36.4 Å². The van der Waals surface area contributed by atoms with Gasteiger partial charge in [-0.15, -0.1) is 0 Å². The fourth-order valence-electron chi connectivity index (χ4n) is 2.15. The largest absolute Gasteiger partial charge is 0.488 e. The fraction of sp³-hybridized carbons (Fsp3) is 0.188. The third kappa shape index (κ3) is 3.36. The van der Waals surface area contributed by atoms with Crippen LogP contribution in [0.5, 0.6) is 5.75 Å². The van der Waals surface area contributed by atoms with Crippen molar-refractivity contribution < 1.29 is 13.9 Å². The molecule has 0 atom stereocenters. The Morgan fingerprint density at radius 2 is 2.24 bits per heavy atom. The quantitative estimate of drug-likeness (QED) is 0.923. The van der Waals surface area contributed by atoms with Crippen molar-refractivity contribution in [2.45, 2.75) is 6.42 Å². The normalized spacial score (nSPS) is 13.1. The maximum Gasteiger partial charge on any atom is 0.250 e. The number of benzene rings is 1. The van der Waals surface area contributed by atoms with Crippen LogP contribution in [-0.4, -0.2) is 19.1 Å². The Labute approximate surface area is 130 Å². The SMILES string of the molecule is O=C(NCCc1ccco1)C1=Cc2cc(Br)ccc2OC1. The van der Waals surface area contributed by atoms with E-state index >= 15 is 0 Å². The molecule has 1 aromatic heterocycles. The van der Waals surface area contributed by atoms with Crippen molar-refractivity contribution >= 4 is 27.9 Å². The summed E-state index contributed by atoms with van der Waals surface area (Å²) in [5.74, 6) is 1.55. The van der Waals surface area contributed by atoms with Gasteiger partial charge in [0.25, 0.3) is 5.91 Å². The highest BCUT2D eigenvalue weighted by molar-refractivity contribution is 9.10. The number of furan rings is 1. The van der Waals surface area contributed by atoms with E-state index in [0.717, 1.165) is 21.5 Å². The van der Waals surface area contributed by atoms with Gasteiger partial charge in [0.2, 0.25) is 0 Å². The summed E-state index contributed by atoms with van der Waals surface area (Å²) in [6.45, 7) is 0.830. The molecule has 21 heavy (non-hydrogen) atoms. The van der Waals surface area contributed by atoms with Crippen LogP contribution < -0.4 is 10.1 Å². The summed E-state index contributed by atoms with van der Waals surface area (Å²) in [7, 11) is 0. The lowest BCUT2D eigenvalue weighted by molar-refractivity contribution is -0.117. The predicted molar refractivity (Wildman–Crippen MR) is 83.0 cm³/mol. The Kier molecular flexibility index (Phi) is 4.10. The summed E-state index contributed by atoms with van der Waals surface area (Å²) in [4.78, 5) is 12.1. The van der Waals surface area contributed by atoms with E-state index in [2.05, 4.69) is 21.2 Å². The van der Waals surface area contributed by atoms with Crippen LogP contribution in [0.2, 0.25) is 0 Å². The molecule has 108 valence electrons. The average Bonchev–Trinajstić information content (AvgIpc) is 2.99. The number of rotatable bonds is 4. The van der Waals surface area contributed by atoms with Crippen LogP contribution in [0.25, 0.3) is 6.08 Å². The van der Waals surface area contributed by atoms with E-state index in [1.807, 2.05) is 36.4 Å². The average molecular weight is 348 g/mol. The van der Waals surface area contributed by atoms with Gasteiger partial charge >= 0.3 is 0 Å². The summed E-state index contributed by atoms with van der Waals surface area (Å²) in [6, 6.07) is 9.47. The number of carbonyl (C=O) groups is 1. The second-order valence-corrected chi connectivity index (χ2v) is 5.64. The molecule has 1 aliphatic heterocycles. The molecule has 3 rings (SSSR count). The van der Waals surface area contributed by atoms with Gasteiger partial charge in [0, 0.05) is 23.0 Å². The van der Waals surface area contributed by atoms with Crippen LogP contribution in [-0.2, 0) is 11.2 Å². The molecule has 4 nitrogen and oxygen atoms in total. The minimum Gasteiger partial charge on any atom is -0.488 e. The number of halogens is 1. The zero-order chi connectivity index (χ0) is 14.7. The molecule has 0 saturated carbocycles. The fourth-order valence-corrected chi connectivity index (χ4v) is 2.53. The minimum absolute atomic E-state index is 0.104. The number of carbonyl (C=O) groups excluding carboxylic acids is 1. The number of fused-ring (bicyclic) bond motifs is 1. The summed E-state index contributed by atoms with van der Waals surface area (Å²) >= 11 is 3.42. The van der Waals surface area contributed by atoms with Gasteiger partial charge in [-0.1, -0.05) is 15.9 Å². The highest BCUT2D eigenvalue weighted by atomic mass is 79.9. The number of ether oxygens (including phenoxy) is 1. The highest BCUT2D eigenvalue weighted by Crippen LogP contribution is 2.29. The van der Waals surface area contributed by atoms with E-state index in [9.17, 15) is 4.79 Å². The van der Waals surface area contributed by atoms with Crippen molar-refractivity contribution in [1.29, 1.82) is 0 Å². The maximum atomic E-state index is 12.1. The predicted octanol–water partition coefficient (Wildman–Crippen LogP) is 3.18. The Morgan fingerprint density at radius 3 is 3.05 bits per heavy atom. The molecule has 1 amide bonds. The van der Waals surface area contributed by atoms with E-state index in [1.165, 1.54) is 0 Å². The molecule has 0 aliphatic carbocycles. The van der Waals surface area contributed by atoms with E-state index in [4.69, 9.17) is 9.15 Å². The molecule has 0 bridgehead atoms. The number of amides is 1. The van der Waals surface area contributed by atoms with Crippen LogP contribution in [0, 0.1) is 0 Å². The first-order valence-corrected chi connectivity index (χ1v) is 7.45. The monoisotopic (exact) mass is 347 g/mol. The summed E-state index contributed by atoms with van der Waals surface area (Å²) in [5, 5.41) is 2.88. The Morgan fingerprint density at radius 1 is 1.33 bits per heavy atom. The van der Waals surface area contributed by atoms with Gasteiger partial charge in [-0.3, -0.25) is 4.79 Å². The van der Waals surface area contributed by atoms with E-state index in [1.54, 1.807) is 6.26 Å². The van der Waals surface area contributed by atoms with Crippen molar-refractivity contribution in [3.63, 3.8) is 0 Å². The molecule has 0 fully saturated rings. The maximum absolute atomic E-state index is 12.1. The van der Waals surface area contributed by atoms with Gasteiger partial charge in [0.15, 0.2) is 0 Å². The first-order chi connectivity index (χ1) is 10.2. The van der Waals surface area contributed by atoms with Gasteiger partial charge in [-0.2, -0.15) is 0 Å². The van der Waals surface area contributed by atoms with Crippen molar-refractivity contribution in [2.75, 3.05) is 13.2 Å². The lowest BCUT2D eigenvalue weighted by atomic mass is 10.1. The topological polar surface area (TPSA) is 51.5 Å². The molecular formula is C16H14BrNO3. The molecule has 1 aliphatic rings. The lowest BCUT2D eigenvalue weighted by Crippen LogP contribution is -2.30. The van der Waals surface area contributed by atoms with Crippen molar-refractivity contribution in [3.05, 3.63) is 58.0 Å². The molecular weight excluding hydrogens is 334 g/mol. The van der Waals surface area contributed by atoms with E-state index in [-0.39, 0.29) is 5.91 Å². The van der Waals surface area contributed by atoms with Gasteiger partial charge in [0.1, 0.15) is 18.1 Å². The third-order valence-corrected chi connectivity index (χ3v) is 3.71. The van der Waals surface area contributed by atoms with E-state index in [0.29, 0.717) is 25.1 Å². The van der Waals surface area contributed by atoms with E-state index < -0.39 is 0 Å². The molecule has 2 aromatic rings. The molecule has 1 N–H and O–H groups in total. The first kappa shape index (κ1) is 13.9. The van der Waals surface area contributed by atoms with Crippen molar-refractivity contribution in [1.82, 2.24) is 5.32 Å². The second-order valence-electron chi connectivity index (χ2n) is 4.73. The van der Waals surface area contributed by atoms with Crippen molar-refractivity contribution in [3.8, 4) is 5.75 Å². The van der Waals surface area contributed by atoms with Crippen LogP contribution in [0.3, 0.4) is 0 Å². The molecule has 0 radical (unpaired) electrons. The highest BCUT2D eigenvalue weighted by Gasteiger charge is 2.17. The molecule has 5 heteroatoms. The molecule has 1 aromatic carbocycles. The zero-order valence-corrected chi connectivity index (χ0v) is 12.9. The standard InChI is InChI=1S/C16H14BrNO3/c17-13-3-4-15-11(9-13)8-12(10-21-15)16(19)18-6-5-14-2-1-7-20-14/h1-4,7-9H,5-6,10H2,(H,18,19). The Balaban J connectivity index is 1.62. The van der Waals surface area contributed by atoms with Crippen molar-refractivity contribution in [2.24, 2.45) is 0 Å². The summed E-state index contributed by atoms with van der Waals surface area (Å²) < 4.78 is 11.8. The molecule has 0 unspecified atom stereocenters. The molecule has 2 heterocycles. The molecule has 0 saturated heterocycles. The first-order valence-electron chi connectivity index (χ1n) is 6.66. The van der Waals surface area contributed by atoms with Gasteiger partial charge < -0.3 is 14.5 Å². The van der Waals surface area contributed by atoms with Crippen LogP contribution in [0.1, 0.15) is 11.3 Å². The van der Waals surface area contributed by atoms with Crippen LogP contribution in [0.4, 0.5) is 0 Å². The number of hydrogen-bond donors (Lipinski definition) is 1. The van der Waals surface area contributed by atoms with Crippen LogP contribution in [0.15, 0.2) is 51.1 Å². The summed E-state index contributed by atoms with van der Waals surface area (Å²) in [5.41, 5.74) is 1.53. The zero-order valence-electron chi connectivity index (χ0n) is 11.3. The Bertz CT molecular complexity index is 677. The number of nitrogens with one attached hydrogen (secondary N) is 1. The Hall–Kier alpha value is -2.01. The second kappa shape index (κ2) is 6.18. The van der Waals surface area contributed by atoms with Gasteiger partial charge in [0.05, 0.1) is 11.8 Å². The molecule has 0 spiro atoms. The minimum atomic E-state index is -0.104. The number of hydrogen-bond acceptors (Lipinski definition) is 3. The van der Waals surface area contributed by atoms with Crippen LogP contribution >= 0.6 is 15.9 Å². The van der Waals surface area contributed by atoms with Gasteiger partial charge in [-0.25, -0.2) is 0 Å². The summed E-state index contributed by atoms with van der Waals surface area (Å²) in [6.07, 6.45) is 4.17. The lowest BCUT2D eigenvalue weighted by Gasteiger charge is -2.17. The third-order valence-electron chi connectivity index (χ3n) is 3.21.